The molecule has 1 fully saturated rings. The zero-order valence-electron chi connectivity index (χ0n) is 11.9. The van der Waals surface area contributed by atoms with E-state index in [2.05, 4.69) is 15.3 Å². The molecular weight excluding hydrogens is 266 g/mol. The molecular formula is C14H19N7. The Balaban J connectivity index is 2.18. The summed E-state index contributed by atoms with van der Waals surface area (Å²) in [5, 5.41) is 21.0. The lowest BCUT2D eigenvalue weighted by molar-refractivity contribution is 0.462. The average Bonchev–Trinajstić information content (AvgIpc) is 2.50. The number of hydrogen-bond donors (Lipinski definition) is 2. The highest BCUT2D eigenvalue weighted by atomic mass is 15.2. The molecule has 1 saturated carbocycles. The van der Waals surface area contributed by atoms with Crippen molar-refractivity contribution in [1.82, 2.24) is 9.97 Å². The van der Waals surface area contributed by atoms with Crippen molar-refractivity contribution >= 4 is 17.3 Å². The lowest BCUT2D eigenvalue weighted by atomic mass is 9.95. The third kappa shape index (κ3) is 3.73. The molecule has 7 heteroatoms. The predicted octanol–water partition coefficient (Wildman–Crippen LogP) is 1.66. The van der Waals surface area contributed by atoms with Crippen LogP contribution in [0.1, 0.15) is 32.1 Å². The summed E-state index contributed by atoms with van der Waals surface area (Å²) < 4.78 is 0. The second kappa shape index (κ2) is 7.30. The van der Waals surface area contributed by atoms with E-state index in [1.54, 1.807) is 4.90 Å². The number of nitrogen functional groups attached to an aromatic ring is 1. The summed E-state index contributed by atoms with van der Waals surface area (Å²) in [5.74, 6) is 1.03. The van der Waals surface area contributed by atoms with Crippen LogP contribution in [0.2, 0.25) is 0 Å². The van der Waals surface area contributed by atoms with Crippen molar-refractivity contribution in [3.8, 4) is 12.1 Å². The van der Waals surface area contributed by atoms with E-state index in [-0.39, 0.29) is 13.1 Å². The molecule has 0 bridgehead atoms. The minimum Gasteiger partial charge on any atom is -0.393 e. The van der Waals surface area contributed by atoms with Crippen LogP contribution in [-0.2, 0) is 0 Å². The maximum atomic E-state index is 8.84. The number of nitrogens with zero attached hydrogens (tertiary/aromatic N) is 5. The van der Waals surface area contributed by atoms with Gasteiger partial charge in [0.05, 0.1) is 12.1 Å². The Kier molecular flexibility index (Phi) is 5.16. The zero-order valence-corrected chi connectivity index (χ0v) is 11.9. The minimum absolute atomic E-state index is 0.0671. The second-order valence-electron chi connectivity index (χ2n) is 5.11. The van der Waals surface area contributed by atoms with Crippen LogP contribution in [-0.4, -0.2) is 29.1 Å². The van der Waals surface area contributed by atoms with Crippen molar-refractivity contribution in [3.05, 3.63) is 6.33 Å². The van der Waals surface area contributed by atoms with Crippen LogP contribution >= 0.6 is 0 Å². The number of nitrogens with two attached hydrogens (primary N) is 1. The van der Waals surface area contributed by atoms with Gasteiger partial charge in [-0.05, 0) is 12.8 Å². The summed E-state index contributed by atoms with van der Waals surface area (Å²) in [7, 11) is 0. The molecule has 0 spiro atoms. The van der Waals surface area contributed by atoms with E-state index in [1.807, 2.05) is 12.1 Å². The highest BCUT2D eigenvalue weighted by Gasteiger charge is 2.18. The Bertz CT molecular complexity index is 535. The van der Waals surface area contributed by atoms with Crippen LogP contribution in [0.5, 0.6) is 0 Å². The summed E-state index contributed by atoms with van der Waals surface area (Å²) in [5.41, 5.74) is 6.51. The number of rotatable bonds is 5. The molecule has 0 amide bonds. The first kappa shape index (κ1) is 14.9. The average molecular weight is 285 g/mol. The molecule has 1 aromatic rings. The Labute approximate surface area is 124 Å². The first-order valence-corrected chi connectivity index (χ1v) is 7.12. The van der Waals surface area contributed by atoms with Gasteiger partial charge in [0.2, 0.25) is 0 Å². The van der Waals surface area contributed by atoms with Gasteiger partial charge in [0.1, 0.15) is 25.1 Å². The number of anilines is 3. The van der Waals surface area contributed by atoms with Gasteiger partial charge in [-0.15, -0.1) is 0 Å². The van der Waals surface area contributed by atoms with Crippen LogP contribution in [0.15, 0.2) is 6.33 Å². The third-order valence-corrected chi connectivity index (χ3v) is 3.63. The molecule has 0 aliphatic heterocycles. The Morgan fingerprint density at radius 3 is 2.48 bits per heavy atom. The van der Waals surface area contributed by atoms with Crippen LogP contribution in [0.3, 0.4) is 0 Å². The molecule has 21 heavy (non-hydrogen) atoms. The van der Waals surface area contributed by atoms with Crippen LogP contribution in [0.4, 0.5) is 17.3 Å². The Morgan fingerprint density at radius 1 is 1.19 bits per heavy atom. The van der Waals surface area contributed by atoms with Gasteiger partial charge in [-0.1, -0.05) is 19.3 Å². The van der Waals surface area contributed by atoms with Crippen molar-refractivity contribution in [2.45, 2.75) is 38.1 Å². The summed E-state index contributed by atoms with van der Waals surface area (Å²) in [6.45, 7) is 0.134. The van der Waals surface area contributed by atoms with Gasteiger partial charge in [-0.3, -0.25) is 0 Å². The second-order valence-corrected chi connectivity index (χ2v) is 5.11. The SMILES string of the molecule is N#CCN(CC#N)c1ncnc(NC2CCCCC2)c1N. The van der Waals surface area contributed by atoms with E-state index >= 15 is 0 Å². The van der Waals surface area contributed by atoms with E-state index in [1.165, 1.54) is 25.6 Å². The monoisotopic (exact) mass is 285 g/mol. The maximum Gasteiger partial charge on any atom is 0.159 e. The summed E-state index contributed by atoms with van der Waals surface area (Å²) in [6.07, 6.45) is 7.34. The molecule has 1 aliphatic rings. The number of nitrogens with one attached hydrogen (secondary N) is 1. The standard InChI is InChI=1S/C14H19N7/c15-6-8-21(9-7-16)14-12(17)13(18-10-19-14)20-11-4-2-1-3-5-11/h10-11H,1-5,8-9,17H2,(H,18,19,20). The number of hydrogen-bond acceptors (Lipinski definition) is 7. The van der Waals surface area contributed by atoms with E-state index < -0.39 is 0 Å². The molecule has 7 nitrogen and oxygen atoms in total. The van der Waals surface area contributed by atoms with Gasteiger partial charge >= 0.3 is 0 Å². The Hall–Kier alpha value is -2.54. The van der Waals surface area contributed by atoms with Crippen molar-refractivity contribution in [3.63, 3.8) is 0 Å². The smallest absolute Gasteiger partial charge is 0.159 e. The topological polar surface area (TPSA) is 115 Å². The molecule has 1 aliphatic carbocycles. The highest BCUT2D eigenvalue weighted by molar-refractivity contribution is 5.75. The largest absolute Gasteiger partial charge is 0.393 e. The highest BCUT2D eigenvalue weighted by Crippen LogP contribution is 2.28. The first-order chi connectivity index (χ1) is 10.3. The molecule has 0 radical (unpaired) electrons. The van der Waals surface area contributed by atoms with E-state index in [0.717, 1.165) is 12.8 Å². The minimum atomic E-state index is 0.0671. The maximum absolute atomic E-state index is 8.84. The molecule has 1 heterocycles. The molecule has 0 unspecified atom stereocenters. The van der Waals surface area contributed by atoms with Gasteiger partial charge < -0.3 is 16.0 Å². The molecule has 3 N–H and O–H groups in total. The van der Waals surface area contributed by atoms with Crippen molar-refractivity contribution in [1.29, 1.82) is 10.5 Å². The lowest BCUT2D eigenvalue weighted by Gasteiger charge is -2.25. The predicted molar refractivity (Wildman–Crippen MR) is 80.4 cm³/mol. The van der Waals surface area contributed by atoms with Gasteiger partial charge in [0, 0.05) is 6.04 Å². The van der Waals surface area contributed by atoms with Crippen molar-refractivity contribution in [2.75, 3.05) is 29.0 Å². The fourth-order valence-corrected chi connectivity index (χ4v) is 2.57. The molecule has 2 rings (SSSR count). The van der Waals surface area contributed by atoms with E-state index in [0.29, 0.717) is 23.4 Å². The molecule has 1 aromatic heterocycles. The fraction of sp³-hybridized carbons (Fsp3) is 0.571. The Morgan fingerprint density at radius 2 is 1.86 bits per heavy atom. The van der Waals surface area contributed by atoms with Gasteiger partial charge in [0.15, 0.2) is 11.6 Å². The van der Waals surface area contributed by atoms with Crippen molar-refractivity contribution in [2.24, 2.45) is 0 Å². The number of nitriles is 2. The molecule has 110 valence electrons. The first-order valence-electron chi connectivity index (χ1n) is 7.12. The zero-order chi connectivity index (χ0) is 15.1. The normalized spacial score (nSPS) is 15.0. The van der Waals surface area contributed by atoms with Crippen LogP contribution in [0.25, 0.3) is 0 Å². The molecule has 0 saturated heterocycles. The van der Waals surface area contributed by atoms with Crippen LogP contribution < -0.4 is 16.0 Å². The van der Waals surface area contributed by atoms with E-state index in [4.69, 9.17) is 16.3 Å². The third-order valence-electron chi connectivity index (χ3n) is 3.63. The van der Waals surface area contributed by atoms with Gasteiger partial charge in [-0.25, -0.2) is 9.97 Å². The lowest BCUT2D eigenvalue weighted by Crippen LogP contribution is -2.28. The summed E-state index contributed by atoms with van der Waals surface area (Å²) >= 11 is 0. The fourth-order valence-electron chi connectivity index (χ4n) is 2.57. The van der Waals surface area contributed by atoms with Crippen LogP contribution in [0, 0.1) is 22.7 Å². The van der Waals surface area contributed by atoms with Gasteiger partial charge in [0.25, 0.3) is 0 Å². The quantitative estimate of drug-likeness (QED) is 0.790. The number of aromatic nitrogens is 2. The van der Waals surface area contributed by atoms with Gasteiger partial charge in [-0.2, -0.15) is 10.5 Å². The molecule has 0 aromatic carbocycles. The van der Waals surface area contributed by atoms with Crippen molar-refractivity contribution < 1.29 is 0 Å². The summed E-state index contributed by atoms with van der Waals surface area (Å²) in [6, 6.07) is 4.41. The molecule has 0 atom stereocenters. The summed E-state index contributed by atoms with van der Waals surface area (Å²) in [4.78, 5) is 9.86. The van der Waals surface area contributed by atoms with E-state index in [9.17, 15) is 0 Å².